The van der Waals surface area contributed by atoms with Gasteiger partial charge < -0.3 is 5.11 Å². The zero-order valence-corrected chi connectivity index (χ0v) is 27.1. The normalized spacial score (nSPS) is 24.4. The Morgan fingerprint density at radius 2 is 1.51 bits per heavy atom. The maximum Gasteiger partial charge on any atom is 0.435 e. The van der Waals surface area contributed by atoms with E-state index in [0.717, 1.165) is 54.3 Å². The first-order valence-electron chi connectivity index (χ1n) is 15.9. The first-order valence-corrected chi connectivity index (χ1v) is 17.4. The molecule has 14 heteroatoms. The maximum atomic E-state index is 15.2. The van der Waals surface area contributed by atoms with E-state index >= 15 is 4.39 Å². The monoisotopic (exact) mass is 715 g/mol. The molecule has 1 heterocycles. The van der Waals surface area contributed by atoms with Gasteiger partial charge in [0.25, 0.3) is 0 Å². The number of hydrogen-bond acceptors (Lipinski definition) is 4. The van der Waals surface area contributed by atoms with Crippen molar-refractivity contribution in [3.05, 3.63) is 99.9 Å². The van der Waals surface area contributed by atoms with Crippen molar-refractivity contribution in [2.45, 2.75) is 97.5 Å². The number of aromatic carboxylic acids is 1. The van der Waals surface area contributed by atoms with Crippen LogP contribution in [0.5, 0.6) is 0 Å². The Morgan fingerprint density at radius 1 is 0.878 bits per heavy atom. The van der Waals surface area contributed by atoms with Crippen LogP contribution in [0, 0.1) is 5.82 Å². The van der Waals surface area contributed by atoms with Crippen LogP contribution in [0.25, 0.3) is 0 Å². The van der Waals surface area contributed by atoms with Crippen molar-refractivity contribution in [1.82, 2.24) is 4.90 Å². The molecule has 2 aliphatic carbocycles. The molecule has 0 spiro atoms. The Morgan fingerprint density at radius 3 is 2.12 bits per heavy atom. The van der Waals surface area contributed by atoms with Gasteiger partial charge in [-0.1, -0.05) is 44.0 Å². The van der Waals surface area contributed by atoms with Crippen molar-refractivity contribution in [1.29, 1.82) is 0 Å². The van der Waals surface area contributed by atoms with Gasteiger partial charge in [-0.15, -0.1) is 0 Å². The average Bonchev–Trinajstić information content (AvgIpc) is 3.62. The highest BCUT2D eigenvalue weighted by Gasteiger charge is 2.74. The van der Waals surface area contributed by atoms with Crippen LogP contribution in [0.3, 0.4) is 0 Å². The predicted octanol–water partition coefficient (Wildman–Crippen LogP) is 8.53. The minimum absolute atomic E-state index is 0.00458. The number of nitrogens with zero attached hydrogens (tertiary/aromatic N) is 1. The molecule has 49 heavy (non-hydrogen) atoms. The Kier molecular flexibility index (Phi) is 8.49. The molecule has 6 rings (SSSR count). The predicted molar refractivity (Wildman–Crippen MR) is 163 cm³/mol. The lowest BCUT2D eigenvalue weighted by Crippen LogP contribution is -2.56. The number of carboxylic acids is 1. The molecular weight excluding hydrogens is 682 g/mol. The third-order valence-electron chi connectivity index (χ3n) is 10.8. The fourth-order valence-corrected chi connectivity index (χ4v) is 11.0. The van der Waals surface area contributed by atoms with E-state index in [4.69, 9.17) is 0 Å². The van der Waals surface area contributed by atoms with Gasteiger partial charge in [-0.2, -0.15) is 26.3 Å². The lowest BCUT2D eigenvalue weighted by Gasteiger charge is -2.49. The minimum atomic E-state index is -6.35. The zero-order valence-electron chi connectivity index (χ0n) is 26.3. The van der Waals surface area contributed by atoms with Crippen LogP contribution in [0.4, 0.5) is 35.1 Å². The molecule has 0 amide bonds. The fraction of sp³-hybridized carbons (Fsp3) is 0.457. The molecule has 3 aliphatic rings. The molecule has 5 nitrogen and oxygen atoms in total. The molecule has 1 fully saturated rings. The molecular formula is C35H33F8NO4S. The van der Waals surface area contributed by atoms with E-state index in [9.17, 15) is 49.1 Å². The van der Waals surface area contributed by atoms with Gasteiger partial charge in [-0.05, 0) is 97.2 Å². The van der Waals surface area contributed by atoms with Crippen LogP contribution in [-0.2, 0) is 38.6 Å². The number of carboxylic acid groups (broad SMARTS) is 1. The van der Waals surface area contributed by atoms with E-state index in [1.54, 1.807) is 12.1 Å². The summed E-state index contributed by atoms with van der Waals surface area (Å²) in [5.41, 5.74) is -6.53. The number of hydrogen-bond donors (Lipinski definition) is 1. The van der Waals surface area contributed by atoms with Gasteiger partial charge in [-0.3, -0.25) is 4.90 Å². The van der Waals surface area contributed by atoms with Crippen molar-refractivity contribution < 1.29 is 53.4 Å². The van der Waals surface area contributed by atoms with Gasteiger partial charge in [0, 0.05) is 23.7 Å². The molecule has 0 aromatic heterocycles. The van der Waals surface area contributed by atoms with Gasteiger partial charge in [0.05, 0.1) is 10.5 Å². The molecule has 0 bridgehead atoms. The number of carbonyl (C=O) groups is 1. The van der Waals surface area contributed by atoms with Gasteiger partial charge in [0.15, 0.2) is 9.84 Å². The van der Waals surface area contributed by atoms with E-state index < -0.39 is 61.5 Å². The Hall–Kier alpha value is -3.52. The van der Waals surface area contributed by atoms with E-state index in [-0.39, 0.29) is 47.4 Å². The highest BCUT2D eigenvalue weighted by molar-refractivity contribution is 7.92. The number of sulfone groups is 1. The summed E-state index contributed by atoms with van der Waals surface area (Å²) in [6, 6.07) is 9.82. The third-order valence-corrected chi connectivity index (χ3v) is 13.4. The van der Waals surface area contributed by atoms with Crippen molar-refractivity contribution in [3.63, 3.8) is 0 Å². The molecule has 0 unspecified atom stereocenters. The van der Waals surface area contributed by atoms with Crippen molar-refractivity contribution in [2.24, 2.45) is 0 Å². The summed E-state index contributed by atoms with van der Waals surface area (Å²) in [6.45, 7) is 2.17. The van der Waals surface area contributed by atoms with Crippen molar-refractivity contribution >= 4 is 15.8 Å². The van der Waals surface area contributed by atoms with Gasteiger partial charge >= 0.3 is 24.0 Å². The molecule has 1 saturated heterocycles. The summed E-state index contributed by atoms with van der Waals surface area (Å²) >= 11 is 0. The van der Waals surface area contributed by atoms with E-state index in [1.807, 2.05) is 6.92 Å². The smallest absolute Gasteiger partial charge is 0.435 e. The SMILES string of the molecule is CCCC[C@@]1(N2CC[C@@]3(S(=O)(=O)c4ccc(F)cc4)c4ccc(C(F)(C(F)(F)F)C(F)(F)F)cc4CC[C@@H]23)CCc2cc(C(=O)O)ccc21. The summed E-state index contributed by atoms with van der Waals surface area (Å²) < 4.78 is 140. The summed E-state index contributed by atoms with van der Waals surface area (Å²) in [6.07, 6.45) is -9.78. The molecule has 264 valence electrons. The number of benzene rings is 3. The lowest BCUT2D eigenvalue weighted by molar-refractivity contribution is -0.348. The molecule has 3 aromatic carbocycles. The number of aryl methyl sites for hydroxylation is 2. The van der Waals surface area contributed by atoms with E-state index in [0.29, 0.717) is 31.4 Å². The van der Waals surface area contributed by atoms with Crippen LogP contribution in [-0.4, -0.2) is 49.3 Å². The number of rotatable bonds is 8. The number of alkyl halides is 7. The maximum absolute atomic E-state index is 15.2. The standard InChI is InChI=1S/C35H33F8NO4S/c1-2-3-15-31(16-14-22-19-23(30(45)46)4-11-27(22)31)44-18-17-32(49(47,48)26-9-7-25(36)8-10-26)28-12-6-24(20-21(28)5-13-29(32)44)33(37,34(38,39)40)35(41,42)43/h4,6-12,19-20,29H,2-3,5,13-18H2,1H3,(H,45,46)/t29-,31-,32-/m1/s1. The zero-order chi connectivity index (χ0) is 35.8. The second-order valence-electron chi connectivity index (χ2n) is 13.2. The van der Waals surface area contributed by atoms with Gasteiger partial charge in [0.1, 0.15) is 10.6 Å². The number of likely N-dealkylation sites (tertiary alicyclic amines) is 1. The average molecular weight is 716 g/mol. The summed E-state index contributed by atoms with van der Waals surface area (Å²) in [5.74, 6) is -1.81. The van der Waals surface area contributed by atoms with Crippen molar-refractivity contribution in [2.75, 3.05) is 6.54 Å². The number of fused-ring (bicyclic) bond motifs is 4. The second kappa shape index (κ2) is 11.8. The molecule has 3 aromatic rings. The largest absolute Gasteiger partial charge is 0.478 e. The fourth-order valence-electron chi connectivity index (χ4n) is 8.60. The van der Waals surface area contributed by atoms with Gasteiger partial charge in [-0.25, -0.2) is 22.0 Å². The summed E-state index contributed by atoms with van der Waals surface area (Å²) in [5, 5.41) is 9.61. The highest BCUT2D eigenvalue weighted by atomic mass is 32.2. The van der Waals surface area contributed by atoms with Crippen LogP contribution in [0.1, 0.15) is 83.6 Å². The molecule has 0 radical (unpaired) electrons. The van der Waals surface area contributed by atoms with E-state index in [1.165, 1.54) is 6.07 Å². The first kappa shape index (κ1) is 35.3. The van der Waals surface area contributed by atoms with Crippen molar-refractivity contribution in [3.8, 4) is 0 Å². The second-order valence-corrected chi connectivity index (χ2v) is 15.4. The molecule has 0 saturated carbocycles. The number of unbranched alkanes of at least 4 members (excludes halogenated alkanes) is 1. The quantitative estimate of drug-likeness (QED) is 0.187. The Balaban J connectivity index is 1.56. The molecule has 3 atom stereocenters. The first-order chi connectivity index (χ1) is 22.8. The third kappa shape index (κ3) is 5.10. The molecule has 1 aliphatic heterocycles. The molecule has 1 N–H and O–H groups in total. The number of halogens is 8. The summed E-state index contributed by atoms with van der Waals surface area (Å²) in [4.78, 5) is 13.6. The van der Waals surface area contributed by atoms with Crippen LogP contribution >= 0.6 is 0 Å². The lowest BCUT2D eigenvalue weighted by atomic mass is 9.75. The van der Waals surface area contributed by atoms with Gasteiger partial charge in [0.2, 0.25) is 0 Å². The van der Waals surface area contributed by atoms with Crippen LogP contribution < -0.4 is 0 Å². The topological polar surface area (TPSA) is 74.7 Å². The Labute approximate surface area is 277 Å². The highest BCUT2D eigenvalue weighted by Crippen LogP contribution is 2.60. The van der Waals surface area contributed by atoms with Crippen LogP contribution in [0.15, 0.2) is 65.6 Å². The van der Waals surface area contributed by atoms with E-state index in [2.05, 4.69) is 4.90 Å². The minimum Gasteiger partial charge on any atom is -0.478 e. The summed E-state index contributed by atoms with van der Waals surface area (Å²) in [7, 11) is -4.53. The Bertz CT molecular complexity index is 1880. The van der Waals surface area contributed by atoms with Crippen LogP contribution in [0.2, 0.25) is 0 Å².